The third-order valence-corrected chi connectivity index (χ3v) is 5.27. The van der Waals surface area contributed by atoms with Gasteiger partial charge in [-0.3, -0.25) is 9.79 Å². The van der Waals surface area contributed by atoms with Gasteiger partial charge in [0, 0.05) is 32.7 Å². The number of guanidine groups is 1. The van der Waals surface area contributed by atoms with Crippen LogP contribution in [0, 0.1) is 0 Å². The number of nitrogens with zero attached hydrogens (tertiary/aromatic N) is 2. The van der Waals surface area contributed by atoms with E-state index in [0.717, 1.165) is 6.42 Å². The minimum absolute atomic E-state index is 0. The molecule has 1 amide bonds. The van der Waals surface area contributed by atoms with Crippen LogP contribution in [-0.2, 0) is 14.8 Å². The third kappa shape index (κ3) is 7.42. The molecule has 1 saturated heterocycles. The van der Waals surface area contributed by atoms with Gasteiger partial charge in [-0.2, -0.15) is 17.5 Å². The Morgan fingerprint density at radius 2 is 1.81 bits per heavy atom. The highest BCUT2D eigenvalue weighted by atomic mass is 127. The number of carbonyl (C=O) groups excluding carboxylic acids is 1. The van der Waals surface area contributed by atoms with E-state index < -0.39 is 15.5 Å². The first-order chi connectivity index (χ1) is 11.6. The van der Waals surface area contributed by atoms with Crippen molar-refractivity contribution in [2.75, 3.05) is 33.2 Å². The number of nitrogens with one attached hydrogen (secondary N) is 3. The lowest BCUT2D eigenvalue weighted by Gasteiger charge is -2.32. The Morgan fingerprint density at radius 1 is 1.23 bits per heavy atom. The zero-order valence-electron chi connectivity index (χ0n) is 14.6. The maximum absolute atomic E-state index is 12.5. The molecular formula is C13H25F3IN5O3S. The Labute approximate surface area is 168 Å². The van der Waals surface area contributed by atoms with Crippen LogP contribution in [-0.4, -0.2) is 69.4 Å². The summed E-state index contributed by atoms with van der Waals surface area (Å²) < 4.78 is 60.8. The van der Waals surface area contributed by atoms with E-state index in [1.807, 2.05) is 6.92 Å². The van der Waals surface area contributed by atoms with Gasteiger partial charge in [0.2, 0.25) is 5.91 Å². The predicted octanol–water partition coefficient (Wildman–Crippen LogP) is 0.610. The molecular weight excluding hydrogens is 490 g/mol. The molecule has 0 bridgehead atoms. The second kappa shape index (κ2) is 11.1. The van der Waals surface area contributed by atoms with Crippen LogP contribution in [0.4, 0.5) is 13.2 Å². The molecule has 0 aliphatic carbocycles. The normalized spacial score (nSPS) is 17.3. The first-order valence-corrected chi connectivity index (χ1v) is 9.36. The molecule has 0 unspecified atom stereocenters. The molecule has 8 nitrogen and oxygen atoms in total. The Morgan fingerprint density at radius 3 is 2.27 bits per heavy atom. The predicted molar refractivity (Wildman–Crippen MR) is 103 cm³/mol. The number of hydrogen-bond donors (Lipinski definition) is 3. The number of sulfonamides is 1. The van der Waals surface area contributed by atoms with Crippen molar-refractivity contribution >= 4 is 45.9 Å². The molecule has 0 aromatic heterocycles. The third-order valence-electron chi connectivity index (χ3n) is 3.64. The number of carbonyl (C=O) groups is 1. The maximum Gasteiger partial charge on any atom is 0.511 e. The Hall–Kier alpha value is -0.830. The summed E-state index contributed by atoms with van der Waals surface area (Å²) in [5, 5.41) is 8.48. The molecule has 0 aromatic rings. The first kappa shape index (κ1) is 25.2. The van der Waals surface area contributed by atoms with E-state index in [1.54, 1.807) is 0 Å². The highest BCUT2D eigenvalue weighted by Gasteiger charge is 2.50. The van der Waals surface area contributed by atoms with Gasteiger partial charge in [0.25, 0.3) is 0 Å². The van der Waals surface area contributed by atoms with Crippen molar-refractivity contribution in [3.8, 4) is 0 Å². The van der Waals surface area contributed by atoms with Crippen LogP contribution < -0.4 is 16.0 Å². The van der Waals surface area contributed by atoms with Crippen molar-refractivity contribution in [2.24, 2.45) is 4.99 Å². The zero-order valence-corrected chi connectivity index (χ0v) is 17.7. The summed E-state index contributed by atoms with van der Waals surface area (Å²) in [6.07, 6.45) is 1.23. The molecule has 1 aliphatic heterocycles. The molecule has 26 heavy (non-hydrogen) atoms. The molecule has 0 radical (unpaired) electrons. The molecule has 0 aromatic carbocycles. The van der Waals surface area contributed by atoms with Crippen molar-refractivity contribution in [3.63, 3.8) is 0 Å². The van der Waals surface area contributed by atoms with Gasteiger partial charge in [0.05, 0.1) is 6.54 Å². The number of halogens is 4. The van der Waals surface area contributed by atoms with Gasteiger partial charge in [-0.05, 0) is 19.3 Å². The summed E-state index contributed by atoms with van der Waals surface area (Å²) in [7, 11) is -3.78. The van der Waals surface area contributed by atoms with Gasteiger partial charge >= 0.3 is 15.5 Å². The minimum Gasteiger partial charge on any atom is -0.355 e. The molecule has 0 atom stereocenters. The largest absolute Gasteiger partial charge is 0.511 e. The average Bonchev–Trinajstić information content (AvgIpc) is 2.56. The number of piperidine rings is 1. The van der Waals surface area contributed by atoms with Crippen LogP contribution in [0.2, 0.25) is 0 Å². The van der Waals surface area contributed by atoms with Gasteiger partial charge in [-0.15, -0.1) is 24.0 Å². The monoisotopic (exact) mass is 515 g/mol. The summed E-state index contributed by atoms with van der Waals surface area (Å²) in [6.45, 7) is 2.06. The molecule has 154 valence electrons. The van der Waals surface area contributed by atoms with Crippen LogP contribution in [0.25, 0.3) is 0 Å². The lowest BCUT2D eigenvalue weighted by atomic mass is 10.1. The van der Waals surface area contributed by atoms with E-state index in [4.69, 9.17) is 0 Å². The van der Waals surface area contributed by atoms with Crippen molar-refractivity contribution in [1.82, 2.24) is 20.3 Å². The highest BCUT2D eigenvalue weighted by Crippen LogP contribution is 2.28. The van der Waals surface area contributed by atoms with Gasteiger partial charge in [-0.1, -0.05) is 6.92 Å². The summed E-state index contributed by atoms with van der Waals surface area (Å²) in [5.41, 5.74) is -5.28. The van der Waals surface area contributed by atoms with Crippen molar-refractivity contribution < 1.29 is 26.4 Å². The lowest BCUT2D eigenvalue weighted by Crippen LogP contribution is -2.52. The lowest BCUT2D eigenvalue weighted by molar-refractivity contribution is -0.120. The Bertz CT molecular complexity index is 578. The molecule has 1 heterocycles. The average molecular weight is 515 g/mol. The molecule has 0 saturated carbocycles. The van der Waals surface area contributed by atoms with E-state index in [9.17, 15) is 26.4 Å². The summed E-state index contributed by atoms with van der Waals surface area (Å²) in [6, 6.07) is -0.232. The molecule has 1 aliphatic rings. The SMILES string of the molecule is CCCNC(=O)CNC(=NC)NC1CCN(S(=O)(=O)C(F)(F)F)CC1.I. The fourth-order valence-electron chi connectivity index (χ4n) is 2.27. The molecule has 0 spiro atoms. The van der Waals surface area contributed by atoms with E-state index in [1.165, 1.54) is 7.05 Å². The summed E-state index contributed by atoms with van der Waals surface area (Å²) in [5.74, 6) is 0.139. The van der Waals surface area contributed by atoms with Gasteiger partial charge in [0.15, 0.2) is 5.96 Å². The minimum atomic E-state index is -5.28. The van der Waals surface area contributed by atoms with Crippen molar-refractivity contribution in [2.45, 2.75) is 37.7 Å². The van der Waals surface area contributed by atoms with Crippen LogP contribution in [0.1, 0.15) is 26.2 Å². The van der Waals surface area contributed by atoms with Crippen LogP contribution in [0.15, 0.2) is 4.99 Å². The van der Waals surface area contributed by atoms with E-state index in [-0.39, 0.29) is 68.4 Å². The van der Waals surface area contributed by atoms with Gasteiger partial charge < -0.3 is 16.0 Å². The maximum atomic E-state index is 12.5. The van der Waals surface area contributed by atoms with Gasteiger partial charge in [0.1, 0.15) is 0 Å². The highest BCUT2D eigenvalue weighted by molar-refractivity contribution is 14.0. The van der Waals surface area contributed by atoms with Crippen LogP contribution in [0.3, 0.4) is 0 Å². The molecule has 13 heteroatoms. The second-order valence-corrected chi connectivity index (χ2v) is 7.47. The van der Waals surface area contributed by atoms with E-state index in [0.29, 0.717) is 16.8 Å². The van der Waals surface area contributed by atoms with E-state index >= 15 is 0 Å². The first-order valence-electron chi connectivity index (χ1n) is 7.92. The quantitative estimate of drug-likeness (QED) is 0.274. The van der Waals surface area contributed by atoms with Crippen LogP contribution in [0.5, 0.6) is 0 Å². The van der Waals surface area contributed by atoms with Crippen molar-refractivity contribution in [3.05, 3.63) is 0 Å². The number of aliphatic imine (C=N–C) groups is 1. The number of amides is 1. The summed E-state index contributed by atoms with van der Waals surface area (Å²) >= 11 is 0. The Balaban J connectivity index is 0.00000625. The van der Waals surface area contributed by atoms with E-state index in [2.05, 4.69) is 20.9 Å². The molecule has 1 rings (SSSR count). The van der Waals surface area contributed by atoms with Crippen LogP contribution >= 0.6 is 24.0 Å². The zero-order chi connectivity index (χ0) is 19.1. The van der Waals surface area contributed by atoms with Gasteiger partial charge in [-0.25, -0.2) is 8.42 Å². The number of alkyl halides is 3. The number of rotatable bonds is 6. The number of hydrogen-bond acceptors (Lipinski definition) is 4. The fraction of sp³-hybridized carbons (Fsp3) is 0.846. The fourth-order valence-corrected chi connectivity index (χ4v) is 3.25. The molecule has 1 fully saturated rings. The molecule has 3 N–H and O–H groups in total. The topological polar surface area (TPSA) is 103 Å². The van der Waals surface area contributed by atoms with Crippen molar-refractivity contribution in [1.29, 1.82) is 0 Å². The Kier molecular flexibility index (Phi) is 10.8. The smallest absolute Gasteiger partial charge is 0.355 e. The second-order valence-electron chi connectivity index (χ2n) is 5.54. The summed E-state index contributed by atoms with van der Waals surface area (Å²) in [4.78, 5) is 15.5. The standard InChI is InChI=1S/C13H24F3N5O3S.HI/c1-3-6-18-11(22)9-19-12(17-2)20-10-4-7-21(8-5-10)25(23,24)13(14,15)16;/h10H,3-9H2,1-2H3,(H,18,22)(H2,17,19,20);1H.